The van der Waals surface area contributed by atoms with E-state index in [2.05, 4.69) is 0 Å². The fourth-order valence-corrected chi connectivity index (χ4v) is 2.58. The maximum Gasteiger partial charge on any atom is 0.318 e. The fourth-order valence-electron chi connectivity index (χ4n) is 1.37. The molecule has 0 amide bonds. The number of hydrogen-bond acceptors (Lipinski definition) is 5. The van der Waals surface area contributed by atoms with Gasteiger partial charge in [-0.1, -0.05) is 0 Å². The number of aliphatic carboxylic acids is 1. The van der Waals surface area contributed by atoms with Gasteiger partial charge in [0, 0.05) is 6.07 Å². The third-order valence-electron chi connectivity index (χ3n) is 2.47. The van der Waals surface area contributed by atoms with E-state index in [1.54, 1.807) is 18.6 Å². The predicted octanol–water partition coefficient (Wildman–Crippen LogP) is 0.575. The van der Waals surface area contributed by atoms with Crippen molar-refractivity contribution < 1.29 is 23.2 Å². The molecule has 9 heteroatoms. The average Bonchev–Trinajstić information content (AvgIpc) is 2.29. The Kier molecular flexibility index (Phi) is 4.22. The molecule has 19 heavy (non-hydrogen) atoms. The normalized spacial score (nSPS) is 11.3. The van der Waals surface area contributed by atoms with Crippen molar-refractivity contribution in [3.63, 3.8) is 0 Å². The van der Waals surface area contributed by atoms with Crippen LogP contribution in [0.2, 0.25) is 0 Å². The quantitative estimate of drug-likeness (QED) is 0.602. The van der Waals surface area contributed by atoms with Gasteiger partial charge < -0.3 is 5.11 Å². The highest BCUT2D eigenvalue weighted by Gasteiger charge is 2.27. The van der Waals surface area contributed by atoms with Crippen molar-refractivity contribution in [1.82, 2.24) is 4.72 Å². The number of carbonyl (C=O) groups is 1. The van der Waals surface area contributed by atoms with E-state index in [1.165, 1.54) is 0 Å². The van der Waals surface area contributed by atoms with Crippen LogP contribution in [0.4, 0.5) is 5.69 Å². The second kappa shape index (κ2) is 5.33. The van der Waals surface area contributed by atoms with E-state index in [0.29, 0.717) is 11.1 Å². The highest BCUT2D eigenvalue weighted by molar-refractivity contribution is 7.89. The van der Waals surface area contributed by atoms with Crippen LogP contribution in [-0.4, -0.2) is 31.0 Å². The van der Waals surface area contributed by atoms with Gasteiger partial charge >= 0.3 is 5.97 Å². The molecule has 104 valence electrons. The SMILES string of the molecule is Cc1cc([N+](=O)[O-])c(S(=O)(=O)NCC(=O)O)cc1C. The molecule has 2 N–H and O–H groups in total. The molecular weight excluding hydrogens is 276 g/mol. The highest BCUT2D eigenvalue weighted by Crippen LogP contribution is 2.26. The zero-order valence-corrected chi connectivity index (χ0v) is 11.0. The predicted molar refractivity (Wildman–Crippen MR) is 65.4 cm³/mol. The van der Waals surface area contributed by atoms with Gasteiger partial charge in [-0.2, -0.15) is 4.72 Å². The average molecular weight is 288 g/mol. The van der Waals surface area contributed by atoms with Crippen LogP contribution < -0.4 is 4.72 Å². The largest absolute Gasteiger partial charge is 0.480 e. The van der Waals surface area contributed by atoms with Gasteiger partial charge in [-0.05, 0) is 31.0 Å². The van der Waals surface area contributed by atoms with Crippen molar-refractivity contribution in [1.29, 1.82) is 0 Å². The van der Waals surface area contributed by atoms with Crippen molar-refractivity contribution in [3.8, 4) is 0 Å². The summed E-state index contributed by atoms with van der Waals surface area (Å²) in [6, 6.07) is 2.29. The standard InChI is InChI=1S/C10H12N2O6S/c1-6-3-8(12(15)16)9(4-7(6)2)19(17,18)11-5-10(13)14/h3-4,11H,5H2,1-2H3,(H,13,14). The number of nitrogens with one attached hydrogen (secondary N) is 1. The molecule has 0 unspecified atom stereocenters. The molecule has 0 radical (unpaired) electrons. The summed E-state index contributed by atoms with van der Waals surface area (Å²) < 4.78 is 25.5. The number of carboxylic acid groups (broad SMARTS) is 1. The first-order chi connectivity index (χ1) is 8.65. The van der Waals surface area contributed by atoms with Crippen LogP contribution in [0.25, 0.3) is 0 Å². The van der Waals surface area contributed by atoms with E-state index >= 15 is 0 Å². The monoisotopic (exact) mass is 288 g/mol. The van der Waals surface area contributed by atoms with Crippen LogP contribution in [0.1, 0.15) is 11.1 Å². The number of hydrogen-bond donors (Lipinski definition) is 2. The van der Waals surface area contributed by atoms with Crippen LogP contribution >= 0.6 is 0 Å². The van der Waals surface area contributed by atoms with Gasteiger partial charge in [0.1, 0.15) is 6.54 Å². The molecule has 0 saturated heterocycles. The molecule has 0 bridgehead atoms. The summed E-state index contributed by atoms with van der Waals surface area (Å²) in [6.45, 7) is 2.38. The Hall–Kier alpha value is -2.00. The van der Waals surface area contributed by atoms with Gasteiger partial charge in [0.05, 0.1) is 4.92 Å². The molecule has 1 aromatic carbocycles. The molecule has 1 rings (SSSR count). The Morgan fingerprint density at radius 2 is 1.89 bits per heavy atom. The molecule has 1 aromatic rings. The number of rotatable bonds is 5. The first kappa shape index (κ1) is 15.1. The molecule has 0 atom stereocenters. The molecule has 0 aliphatic carbocycles. The van der Waals surface area contributed by atoms with E-state index in [1.807, 2.05) is 0 Å². The van der Waals surface area contributed by atoms with Crippen molar-refractivity contribution in [3.05, 3.63) is 33.4 Å². The van der Waals surface area contributed by atoms with E-state index in [-0.39, 0.29) is 0 Å². The third kappa shape index (κ3) is 3.48. The van der Waals surface area contributed by atoms with Crippen LogP contribution in [0.15, 0.2) is 17.0 Å². The van der Waals surface area contributed by atoms with Crippen molar-refractivity contribution in [2.75, 3.05) is 6.54 Å². The summed E-state index contributed by atoms with van der Waals surface area (Å²) in [5.74, 6) is -1.38. The maximum absolute atomic E-state index is 11.8. The number of aryl methyl sites for hydroxylation is 2. The lowest BCUT2D eigenvalue weighted by Crippen LogP contribution is -2.30. The summed E-state index contributed by atoms with van der Waals surface area (Å²) in [5, 5.41) is 19.3. The molecule has 0 aliphatic heterocycles. The Morgan fingerprint density at radius 1 is 1.37 bits per heavy atom. The van der Waals surface area contributed by atoms with Gasteiger partial charge in [-0.3, -0.25) is 14.9 Å². The number of carboxylic acids is 1. The Balaban J connectivity index is 3.36. The van der Waals surface area contributed by atoms with E-state index in [4.69, 9.17) is 5.11 Å². The number of benzene rings is 1. The summed E-state index contributed by atoms with van der Waals surface area (Å²) in [4.78, 5) is 19.9. The van der Waals surface area contributed by atoms with Gasteiger partial charge in [0.2, 0.25) is 10.0 Å². The zero-order valence-electron chi connectivity index (χ0n) is 10.2. The number of nitro benzene ring substituents is 1. The highest BCUT2D eigenvalue weighted by atomic mass is 32.2. The number of sulfonamides is 1. The molecule has 0 saturated carbocycles. The van der Waals surface area contributed by atoms with Gasteiger partial charge in [0.25, 0.3) is 5.69 Å². The van der Waals surface area contributed by atoms with Crippen LogP contribution in [0.5, 0.6) is 0 Å². The smallest absolute Gasteiger partial charge is 0.318 e. The lowest BCUT2D eigenvalue weighted by molar-refractivity contribution is -0.387. The number of nitrogens with zero attached hydrogens (tertiary/aromatic N) is 1. The van der Waals surface area contributed by atoms with Crippen molar-refractivity contribution in [2.24, 2.45) is 0 Å². The second-order valence-electron chi connectivity index (χ2n) is 3.88. The Bertz CT molecular complexity index is 638. The summed E-state index contributed by atoms with van der Waals surface area (Å²) >= 11 is 0. The summed E-state index contributed by atoms with van der Waals surface area (Å²) in [6.07, 6.45) is 0. The minimum absolute atomic E-state index is 0.540. The van der Waals surface area contributed by atoms with E-state index < -0.39 is 38.0 Å². The summed E-state index contributed by atoms with van der Waals surface area (Å²) in [5.41, 5.74) is 0.547. The molecule has 0 fully saturated rings. The lowest BCUT2D eigenvalue weighted by Gasteiger charge is -2.08. The second-order valence-corrected chi connectivity index (χ2v) is 5.61. The molecular formula is C10H12N2O6S. The van der Waals surface area contributed by atoms with Crippen LogP contribution in [-0.2, 0) is 14.8 Å². The van der Waals surface area contributed by atoms with E-state index in [9.17, 15) is 23.3 Å². The molecule has 0 heterocycles. The third-order valence-corrected chi connectivity index (χ3v) is 3.91. The Labute approximate surface area is 109 Å². The van der Waals surface area contributed by atoms with E-state index in [0.717, 1.165) is 12.1 Å². The minimum Gasteiger partial charge on any atom is -0.480 e. The zero-order chi connectivity index (χ0) is 14.8. The maximum atomic E-state index is 11.8. The molecule has 0 aromatic heterocycles. The minimum atomic E-state index is -4.24. The van der Waals surface area contributed by atoms with Crippen LogP contribution in [0.3, 0.4) is 0 Å². The van der Waals surface area contributed by atoms with Gasteiger partial charge in [0.15, 0.2) is 4.90 Å². The number of nitro groups is 1. The van der Waals surface area contributed by atoms with Crippen molar-refractivity contribution in [2.45, 2.75) is 18.7 Å². The topological polar surface area (TPSA) is 127 Å². The van der Waals surface area contributed by atoms with Crippen molar-refractivity contribution >= 4 is 21.7 Å². The van der Waals surface area contributed by atoms with Gasteiger partial charge in [-0.15, -0.1) is 0 Å². The van der Waals surface area contributed by atoms with Crippen LogP contribution in [0, 0.1) is 24.0 Å². The summed E-state index contributed by atoms with van der Waals surface area (Å²) in [7, 11) is -4.24. The molecule has 0 spiro atoms. The lowest BCUT2D eigenvalue weighted by atomic mass is 10.1. The fraction of sp³-hybridized carbons (Fsp3) is 0.300. The van der Waals surface area contributed by atoms with Gasteiger partial charge in [-0.25, -0.2) is 8.42 Å². The Morgan fingerprint density at radius 3 is 2.37 bits per heavy atom. The molecule has 8 nitrogen and oxygen atoms in total. The first-order valence-electron chi connectivity index (χ1n) is 5.12. The first-order valence-corrected chi connectivity index (χ1v) is 6.60. The molecule has 0 aliphatic rings.